The normalized spacial score (nSPS) is 19.0. The molecule has 1 aromatic rings. The molecule has 1 atom stereocenters. The SMILES string of the molecule is COc1cccc(CC(=O)N2CCC[C@H](NS(C)(=O)=O)C2)c1. The van der Waals surface area contributed by atoms with Crippen molar-refractivity contribution in [3.05, 3.63) is 29.8 Å². The van der Waals surface area contributed by atoms with Crippen molar-refractivity contribution in [1.29, 1.82) is 0 Å². The number of nitrogens with zero attached hydrogens (tertiary/aromatic N) is 1. The molecule has 0 aliphatic carbocycles. The zero-order valence-corrected chi connectivity index (χ0v) is 13.7. The van der Waals surface area contributed by atoms with Crippen LogP contribution in [0.2, 0.25) is 0 Å². The number of rotatable bonds is 5. The molecule has 0 unspecified atom stereocenters. The van der Waals surface area contributed by atoms with Crippen LogP contribution in [0.1, 0.15) is 18.4 Å². The first-order chi connectivity index (χ1) is 10.4. The molecule has 1 N–H and O–H groups in total. The third-order valence-electron chi connectivity index (χ3n) is 3.64. The number of carbonyl (C=O) groups is 1. The van der Waals surface area contributed by atoms with Crippen molar-refractivity contribution in [3.63, 3.8) is 0 Å². The van der Waals surface area contributed by atoms with Crippen LogP contribution >= 0.6 is 0 Å². The van der Waals surface area contributed by atoms with E-state index in [4.69, 9.17) is 4.74 Å². The standard InChI is InChI=1S/C15H22N2O4S/c1-21-14-7-3-5-12(9-14)10-15(18)17-8-4-6-13(11-17)16-22(2,19)20/h3,5,7,9,13,16H,4,6,8,10-11H2,1-2H3/t13-/m0/s1. The summed E-state index contributed by atoms with van der Waals surface area (Å²) in [5.74, 6) is 0.730. The van der Waals surface area contributed by atoms with Gasteiger partial charge in [0, 0.05) is 19.1 Å². The minimum Gasteiger partial charge on any atom is -0.497 e. The molecule has 0 bridgehead atoms. The van der Waals surface area contributed by atoms with Crippen LogP contribution < -0.4 is 9.46 Å². The highest BCUT2D eigenvalue weighted by Crippen LogP contribution is 2.16. The molecule has 1 saturated heterocycles. The van der Waals surface area contributed by atoms with E-state index in [-0.39, 0.29) is 11.9 Å². The number of amides is 1. The van der Waals surface area contributed by atoms with Crippen molar-refractivity contribution in [2.75, 3.05) is 26.5 Å². The maximum Gasteiger partial charge on any atom is 0.227 e. The zero-order chi connectivity index (χ0) is 16.2. The van der Waals surface area contributed by atoms with E-state index in [0.717, 1.165) is 30.4 Å². The number of hydrogen-bond acceptors (Lipinski definition) is 4. The van der Waals surface area contributed by atoms with Crippen LogP contribution in [0.25, 0.3) is 0 Å². The van der Waals surface area contributed by atoms with Gasteiger partial charge in [0.15, 0.2) is 0 Å². The van der Waals surface area contributed by atoms with Gasteiger partial charge in [0.25, 0.3) is 0 Å². The van der Waals surface area contributed by atoms with Crippen molar-refractivity contribution >= 4 is 15.9 Å². The van der Waals surface area contributed by atoms with Crippen LogP contribution in [0.5, 0.6) is 5.75 Å². The van der Waals surface area contributed by atoms with Crippen LogP contribution in [-0.4, -0.2) is 51.7 Å². The van der Waals surface area contributed by atoms with Crippen molar-refractivity contribution in [1.82, 2.24) is 9.62 Å². The summed E-state index contributed by atoms with van der Waals surface area (Å²) in [6.07, 6.45) is 3.00. The summed E-state index contributed by atoms with van der Waals surface area (Å²) in [4.78, 5) is 14.1. The fraction of sp³-hybridized carbons (Fsp3) is 0.533. The summed E-state index contributed by atoms with van der Waals surface area (Å²) in [5.41, 5.74) is 0.891. The van der Waals surface area contributed by atoms with Gasteiger partial charge in [0.2, 0.25) is 15.9 Å². The van der Waals surface area contributed by atoms with E-state index in [1.807, 2.05) is 24.3 Å². The fourth-order valence-corrected chi connectivity index (χ4v) is 3.47. The van der Waals surface area contributed by atoms with Crippen LogP contribution in [0.15, 0.2) is 24.3 Å². The number of piperidine rings is 1. The van der Waals surface area contributed by atoms with E-state index in [1.165, 1.54) is 0 Å². The number of benzene rings is 1. The Labute approximate surface area is 131 Å². The third kappa shape index (κ3) is 4.99. The van der Waals surface area contributed by atoms with Gasteiger partial charge in [0.1, 0.15) is 5.75 Å². The Bertz CT molecular complexity index is 630. The number of likely N-dealkylation sites (tertiary alicyclic amines) is 1. The number of ether oxygens (including phenoxy) is 1. The Morgan fingerprint density at radius 3 is 2.91 bits per heavy atom. The number of carbonyl (C=O) groups excluding carboxylic acids is 1. The molecule has 1 fully saturated rings. The van der Waals surface area contributed by atoms with Gasteiger partial charge in [-0.25, -0.2) is 13.1 Å². The number of nitrogens with one attached hydrogen (secondary N) is 1. The summed E-state index contributed by atoms with van der Waals surface area (Å²) in [6, 6.07) is 7.22. The molecule has 1 heterocycles. The minimum absolute atomic E-state index is 0.00764. The highest BCUT2D eigenvalue weighted by atomic mass is 32.2. The van der Waals surface area contributed by atoms with Crippen molar-refractivity contribution < 1.29 is 17.9 Å². The second-order valence-electron chi connectivity index (χ2n) is 5.60. The fourth-order valence-electron chi connectivity index (χ4n) is 2.67. The van der Waals surface area contributed by atoms with Crippen LogP contribution in [-0.2, 0) is 21.2 Å². The Balaban J connectivity index is 1.96. The van der Waals surface area contributed by atoms with Gasteiger partial charge in [0.05, 0.1) is 19.8 Å². The van der Waals surface area contributed by atoms with Gasteiger partial charge >= 0.3 is 0 Å². The van der Waals surface area contributed by atoms with E-state index in [9.17, 15) is 13.2 Å². The molecule has 1 aromatic carbocycles. The quantitative estimate of drug-likeness (QED) is 0.867. The molecule has 2 rings (SSSR count). The summed E-state index contributed by atoms with van der Waals surface area (Å²) >= 11 is 0. The lowest BCUT2D eigenvalue weighted by Gasteiger charge is -2.32. The van der Waals surface area contributed by atoms with Crippen LogP contribution in [0.3, 0.4) is 0 Å². The van der Waals surface area contributed by atoms with E-state index in [1.54, 1.807) is 12.0 Å². The first kappa shape index (κ1) is 16.8. The Morgan fingerprint density at radius 2 is 2.23 bits per heavy atom. The molecule has 1 aliphatic heterocycles. The minimum atomic E-state index is -3.25. The van der Waals surface area contributed by atoms with Crippen molar-refractivity contribution in [2.45, 2.75) is 25.3 Å². The largest absolute Gasteiger partial charge is 0.497 e. The summed E-state index contributed by atoms with van der Waals surface area (Å²) in [5, 5.41) is 0. The first-order valence-electron chi connectivity index (χ1n) is 7.25. The number of methoxy groups -OCH3 is 1. The van der Waals surface area contributed by atoms with Crippen molar-refractivity contribution in [2.24, 2.45) is 0 Å². The second-order valence-corrected chi connectivity index (χ2v) is 7.38. The molecule has 6 nitrogen and oxygen atoms in total. The van der Waals surface area contributed by atoms with E-state index in [0.29, 0.717) is 19.5 Å². The Hall–Kier alpha value is -1.60. The van der Waals surface area contributed by atoms with Gasteiger partial charge in [-0.05, 0) is 30.5 Å². The average Bonchev–Trinajstić information content (AvgIpc) is 2.46. The highest BCUT2D eigenvalue weighted by Gasteiger charge is 2.25. The molecule has 0 radical (unpaired) electrons. The Morgan fingerprint density at radius 1 is 1.45 bits per heavy atom. The molecular weight excluding hydrogens is 304 g/mol. The topological polar surface area (TPSA) is 75.7 Å². The maximum absolute atomic E-state index is 12.4. The highest BCUT2D eigenvalue weighted by molar-refractivity contribution is 7.88. The van der Waals surface area contributed by atoms with Crippen molar-refractivity contribution in [3.8, 4) is 5.75 Å². The van der Waals surface area contributed by atoms with Gasteiger partial charge in [-0.1, -0.05) is 12.1 Å². The van der Waals surface area contributed by atoms with Gasteiger partial charge in [-0.3, -0.25) is 4.79 Å². The van der Waals surface area contributed by atoms with Gasteiger partial charge in [-0.2, -0.15) is 0 Å². The molecular formula is C15H22N2O4S. The molecule has 0 aromatic heterocycles. The van der Waals surface area contributed by atoms with Gasteiger partial charge in [-0.15, -0.1) is 0 Å². The smallest absolute Gasteiger partial charge is 0.227 e. The molecule has 0 saturated carbocycles. The zero-order valence-electron chi connectivity index (χ0n) is 12.9. The number of sulfonamides is 1. The van der Waals surface area contributed by atoms with Crippen LogP contribution in [0.4, 0.5) is 0 Å². The van der Waals surface area contributed by atoms with E-state index >= 15 is 0 Å². The predicted octanol–water partition coefficient (Wildman–Crippen LogP) is 0.778. The van der Waals surface area contributed by atoms with E-state index in [2.05, 4.69) is 4.72 Å². The molecule has 122 valence electrons. The lowest BCUT2D eigenvalue weighted by atomic mass is 10.0. The summed E-state index contributed by atoms with van der Waals surface area (Å²) in [6.45, 7) is 1.10. The first-order valence-corrected chi connectivity index (χ1v) is 9.14. The maximum atomic E-state index is 12.4. The lowest BCUT2D eigenvalue weighted by molar-refractivity contribution is -0.131. The monoisotopic (exact) mass is 326 g/mol. The molecule has 0 spiro atoms. The third-order valence-corrected chi connectivity index (χ3v) is 4.41. The van der Waals surface area contributed by atoms with Gasteiger partial charge < -0.3 is 9.64 Å². The Kier molecular flexibility index (Phi) is 5.42. The summed E-state index contributed by atoms with van der Waals surface area (Å²) in [7, 11) is -1.65. The van der Waals surface area contributed by atoms with Crippen LogP contribution in [0, 0.1) is 0 Å². The average molecular weight is 326 g/mol. The van der Waals surface area contributed by atoms with E-state index < -0.39 is 10.0 Å². The second kappa shape index (κ2) is 7.11. The lowest BCUT2D eigenvalue weighted by Crippen LogP contribution is -2.49. The molecule has 22 heavy (non-hydrogen) atoms. The predicted molar refractivity (Wildman–Crippen MR) is 84.3 cm³/mol. The molecule has 1 amide bonds. The molecule has 7 heteroatoms. The summed E-state index contributed by atoms with van der Waals surface area (Å²) < 4.78 is 30.4. The number of hydrogen-bond donors (Lipinski definition) is 1. The molecule has 1 aliphatic rings.